The summed E-state index contributed by atoms with van der Waals surface area (Å²) in [7, 11) is 0. The lowest BCUT2D eigenvalue weighted by Gasteiger charge is -2.33. The van der Waals surface area contributed by atoms with Gasteiger partial charge in [-0.2, -0.15) is 0 Å². The van der Waals surface area contributed by atoms with Crippen LogP contribution in [-0.4, -0.2) is 24.4 Å². The fourth-order valence-electron chi connectivity index (χ4n) is 2.69. The van der Waals surface area contributed by atoms with E-state index < -0.39 is 6.04 Å². The molecule has 0 spiro atoms. The van der Waals surface area contributed by atoms with Crippen LogP contribution in [0.5, 0.6) is 0 Å². The minimum atomic E-state index is -0.401. The molecule has 0 saturated carbocycles. The zero-order valence-electron chi connectivity index (χ0n) is 13.1. The first kappa shape index (κ1) is 15.5. The normalized spacial score (nSPS) is 19.0. The molecule has 2 rings (SSSR count). The van der Waals surface area contributed by atoms with Gasteiger partial charge in [0.15, 0.2) is 0 Å². The first-order valence-electron chi connectivity index (χ1n) is 7.71. The highest BCUT2D eigenvalue weighted by Crippen LogP contribution is 2.21. The Morgan fingerprint density at radius 2 is 1.90 bits per heavy atom. The number of rotatable bonds is 5. The number of piperazine rings is 1. The summed E-state index contributed by atoms with van der Waals surface area (Å²) < 4.78 is 0. The largest absolute Gasteiger partial charge is 0.343 e. The molecular weight excluding hydrogens is 264 g/mol. The Bertz CT molecular complexity index is 508. The predicted molar refractivity (Wildman–Crippen MR) is 84.2 cm³/mol. The van der Waals surface area contributed by atoms with Gasteiger partial charge in [0, 0.05) is 5.69 Å². The Morgan fingerprint density at radius 1 is 1.24 bits per heavy atom. The third-order valence-corrected chi connectivity index (χ3v) is 3.69. The van der Waals surface area contributed by atoms with E-state index in [4.69, 9.17) is 0 Å². The smallest absolute Gasteiger partial charge is 0.250 e. The van der Waals surface area contributed by atoms with Crippen molar-refractivity contribution in [2.24, 2.45) is 5.92 Å². The maximum absolute atomic E-state index is 12.5. The highest BCUT2D eigenvalue weighted by atomic mass is 16.2. The van der Waals surface area contributed by atoms with Gasteiger partial charge in [0.05, 0.1) is 0 Å². The van der Waals surface area contributed by atoms with Crippen molar-refractivity contribution in [3.8, 4) is 0 Å². The van der Waals surface area contributed by atoms with Gasteiger partial charge in [-0.1, -0.05) is 39.3 Å². The van der Waals surface area contributed by atoms with Crippen LogP contribution in [0.2, 0.25) is 0 Å². The van der Waals surface area contributed by atoms with Crippen molar-refractivity contribution >= 4 is 17.5 Å². The molecule has 1 atom stereocenters. The number of hydrogen-bond donors (Lipinski definition) is 1. The first-order valence-corrected chi connectivity index (χ1v) is 7.71. The van der Waals surface area contributed by atoms with Crippen LogP contribution in [0, 0.1) is 5.92 Å². The highest BCUT2D eigenvalue weighted by Gasteiger charge is 2.33. The van der Waals surface area contributed by atoms with Crippen LogP contribution in [0.1, 0.15) is 39.2 Å². The lowest BCUT2D eigenvalue weighted by Crippen LogP contribution is -2.58. The van der Waals surface area contributed by atoms with Crippen molar-refractivity contribution in [1.82, 2.24) is 5.32 Å². The number of nitrogens with one attached hydrogen (secondary N) is 1. The predicted octanol–water partition coefficient (Wildman–Crippen LogP) is 2.52. The third kappa shape index (κ3) is 3.84. The summed E-state index contributed by atoms with van der Waals surface area (Å²) in [6.45, 7) is 6.36. The van der Waals surface area contributed by atoms with Crippen LogP contribution in [0.15, 0.2) is 24.3 Å². The van der Waals surface area contributed by atoms with E-state index in [1.54, 1.807) is 4.90 Å². The van der Waals surface area contributed by atoms with E-state index in [1.165, 1.54) is 5.56 Å². The van der Waals surface area contributed by atoms with Gasteiger partial charge >= 0.3 is 0 Å². The number of aryl methyl sites for hydroxylation is 1. The van der Waals surface area contributed by atoms with Gasteiger partial charge < -0.3 is 10.2 Å². The van der Waals surface area contributed by atoms with Crippen LogP contribution >= 0.6 is 0 Å². The molecule has 0 aliphatic carbocycles. The topological polar surface area (TPSA) is 49.4 Å². The third-order valence-electron chi connectivity index (χ3n) is 3.69. The van der Waals surface area contributed by atoms with Crippen LogP contribution in [0.25, 0.3) is 0 Å². The lowest BCUT2D eigenvalue weighted by atomic mass is 10.0. The molecule has 1 saturated heterocycles. The van der Waals surface area contributed by atoms with E-state index in [0.29, 0.717) is 12.3 Å². The molecule has 0 aromatic heterocycles. The van der Waals surface area contributed by atoms with Crippen molar-refractivity contribution in [3.05, 3.63) is 29.8 Å². The molecule has 1 aliphatic heterocycles. The number of benzene rings is 1. The average Bonchev–Trinajstić information content (AvgIpc) is 2.43. The maximum Gasteiger partial charge on any atom is 0.250 e. The van der Waals surface area contributed by atoms with Crippen molar-refractivity contribution in [1.29, 1.82) is 0 Å². The number of amides is 2. The van der Waals surface area contributed by atoms with E-state index in [0.717, 1.165) is 18.5 Å². The first-order chi connectivity index (χ1) is 10.0. The molecule has 1 fully saturated rings. The monoisotopic (exact) mass is 288 g/mol. The Hall–Kier alpha value is -1.84. The minimum absolute atomic E-state index is 0.00783. The van der Waals surface area contributed by atoms with Crippen molar-refractivity contribution < 1.29 is 9.59 Å². The molecule has 4 nitrogen and oxygen atoms in total. The number of carbonyl (C=O) groups is 2. The summed E-state index contributed by atoms with van der Waals surface area (Å²) in [5.41, 5.74) is 2.07. The van der Waals surface area contributed by atoms with Gasteiger partial charge in [-0.3, -0.25) is 9.59 Å². The van der Waals surface area contributed by atoms with E-state index in [1.807, 2.05) is 24.3 Å². The second-order valence-corrected chi connectivity index (χ2v) is 6.09. The van der Waals surface area contributed by atoms with Crippen LogP contribution in [-0.2, 0) is 16.0 Å². The zero-order valence-corrected chi connectivity index (χ0v) is 13.1. The van der Waals surface area contributed by atoms with Crippen molar-refractivity contribution in [3.63, 3.8) is 0 Å². The molecule has 4 heteroatoms. The lowest BCUT2D eigenvalue weighted by molar-refractivity contribution is -0.131. The summed E-state index contributed by atoms with van der Waals surface area (Å²) in [6, 6.07) is 7.55. The number of anilines is 1. The van der Waals surface area contributed by atoms with E-state index in [2.05, 4.69) is 26.1 Å². The minimum Gasteiger partial charge on any atom is -0.343 e. The Kier molecular flexibility index (Phi) is 4.99. The van der Waals surface area contributed by atoms with E-state index in [-0.39, 0.29) is 18.4 Å². The van der Waals surface area contributed by atoms with Crippen LogP contribution < -0.4 is 10.2 Å². The molecule has 1 heterocycles. The highest BCUT2D eigenvalue weighted by molar-refractivity contribution is 6.06. The Labute approximate surface area is 126 Å². The summed E-state index contributed by atoms with van der Waals surface area (Å²) in [4.78, 5) is 26.0. The number of hydrogen-bond acceptors (Lipinski definition) is 2. The molecule has 2 amide bonds. The van der Waals surface area contributed by atoms with Gasteiger partial charge in [0.1, 0.15) is 12.6 Å². The number of nitrogens with zero attached hydrogens (tertiary/aromatic N) is 1. The van der Waals surface area contributed by atoms with Crippen molar-refractivity contribution in [2.45, 2.75) is 46.1 Å². The van der Waals surface area contributed by atoms with Gasteiger partial charge in [-0.05, 0) is 36.5 Å². The molecule has 21 heavy (non-hydrogen) atoms. The van der Waals surface area contributed by atoms with Gasteiger partial charge in [0.2, 0.25) is 11.8 Å². The molecule has 1 aromatic rings. The SMILES string of the molecule is CCCc1ccc(N2CC(=O)NC(CC(C)C)C2=O)cc1. The van der Waals surface area contributed by atoms with Gasteiger partial charge in [-0.15, -0.1) is 0 Å². The average molecular weight is 288 g/mol. The summed E-state index contributed by atoms with van der Waals surface area (Å²) >= 11 is 0. The fraction of sp³-hybridized carbons (Fsp3) is 0.529. The summed E-state index contributed by atoms with van der Waals surface area (Å²) in [6.07, 6.45) is 2.81. The summed E-state index contributed by atoms with van der Waals surface area (Å²) in [5.74, 6) is 0.274. The van der Waals surface area contributed by atoms with E-state index >= 15 is 0 Å². The quantitative estimate of drug-likeness (QED) is 0.905. The van der Waals surface area contributed by atoms with Crippen LogP contribution in [0.3, 0.4) is 0 Å². The maximum atomic E-state index is 12.5. The van der Waals surface area contributed by atoms with Crippen molar-refractivity contribution in [2.75, 3.05) is 11.4 Å². The second kappa shape index (κ2) is 6.74. The molecule has 1 aliphatic rings. The second-order valence-electron chi connectivity index (χ2n) is 6.09. The summed E-state index contributed by atoms with van der Waals surface area (Å²) in [5, 5.41) is 2.80. The van der Waals surface area contributed by atoms with Crippen LogP contribution in [0.4, 0.5) is 5.69 Å². The molecule has 1 unspecified atom stereocenters. The van der Waals surface area contributed by atoms with Gasteiger partial charge in [0.25, 0.3) is 0 Å². The molecule has 0 bridgehead atoms. The molecule has 1 N–H and O–H groups in total. The Balaban J connectivity index is 2.16. The fourth-order valence-corrected chi connectivity index (χ4v) is 2.69. The molecular formula is C17H24N2O2. The number of carbonyl (C=O) groups excluding carboxylic acids is 2. The van der Waals surface area contributed by atoms with Gasteiger partial charge in [-0.25, -0.2) is 0 Å². The molecule has 1 aromatic carbocycles. The Morgan fingerprint density at radius 3 is 2.48 bits per heavy atom. The molecule has 114 valence electrons. The standard InChI is InChI=1S/C17H24N2O2/c1-4-5-13-6-8-14(9-7-13)19-11-16(20)18-15(17(19)21)10-12(2)3/h6-9,12,15H,4-5,10-11H2,1-3H3,(H,18,20). The van der Waals surface area contributed by atoms with E-state index in [9.17, 15) is 9.59 Å². The zero-order chi connectivity index (χ0) is 15.4. The molecule has 0 radical (unpaired) electrons.